The van der Waals surface area contributed by atoms with E-state index in [1.54, 1.807) is 29.8 Å². The second-order valence-electron chi connectivity index (χ2n) is 5.24. The summed E-state index contributed by atoms with van der Waals surface area (Å²) in [4.78, 5) is 12.0. The smallest absolute Gasteiger partial charge is 0.240 e. The Labute approximate surface area is 137 Å². The van der Waals surface area contributed by atoms with Gasteiger partial charge in [0.2, 0.25) is 10.0 Å². The van der Waals surface area contributed by atoms with Crippen molar-refractivity contribution in [2.45, 2.75) is 11.3 Å². The third-order valence-corrected chi connectivity index (χ3v) is 6.26. The van der Waals surface area contributed by atoms with Crippen molar-refractivity contribution in [3.05, 3.63) is 41.5 Å². The number of hydrogen-bond donors (Lipinski definition) is 1. The lowest BCUT2D eigenvalue weighted by Crippen LogP contribution is -2.19. The Kier molecular flexibility index (Phi) is 3.33. The molecule has 6 nitrogen and oxygen atoms in total. The minimum atomic E-state index is -3.46. The Hall–Kier alpha value is -2.03. The van der Waals surface area contributed by atoms with E-state index in [1.165, 1.54) is 7.05 Å². The van der Waals surface area contributed by atoms with Gasteiger partial charge in [0.05, 0.1) is 10.3 Å². The molecule has 0 fully saturated rings. The third-order valence-electron chi connectivity index (χ3n) is 4.03. The monoisotopic (exact) mass is 346 g/mol. The van der Waals surface area contributed by atoms with Crippen LogP contribution < -0.4 is 9.62 Å². The second kappa shape index (κ2) is 5.26. The lowest BCUT2D eigenvalue weighted by atomic mass is 10.2. The van der Waals surface area contributed by atoms with Crippen molar-refractivity contribution < 1.29 is 8.42 Å². The number of nitrogens with zero attached hydrogens (tertiary/aromatic N) is 3. The molecule has 0 saturated carbocycles. The fourth-order valence-electron chi connectivity index (χ4n) is 2.86. The first-order valence-corrected chi connectivity index (χ1v) is 9.48. The van der Waals surface area contributed by atoms with Crippen LogP contribution in [0.2, 0.25) is 0 Å². The SMILES string of the molecule is CNS(=O)(=O)c1ccc2c(c1)N(c1ncnc3sccc13)CC2. The summed E-state index contributed by atoms with van der Waals surface area (Å²) in [5, 5.41) is 2.98. The van der Waals surface area contributed by atoms with Crippen LogP contribution in [-0.4, -0.2) is 32.0 Å². The van der Waals surface area contributed by atoms with Gasteiger partial charge in [-0.3, -0.25) is 0 Å². The van der Waals surface area contributed by atoms with Gasteiger partial charge in [-0.05, 0) is 42.6 Å². The fraction of sp³-hybridized carbons (Fsp3) is 0.200. The summed E-state index contributed by atoms with van der Waals surface area (Å²) in [7, 11) is -2.05. The first kappa shape index (κ1) is 14.6. The number of rotatable bonds is 3. The van der Waals surface area contributed by atoms with E-state index in [-0.39, 0.29) is 4.90 Å². The van der Waals surface area contributed by atoms with E-state index in [0.29, 0.717) is 0 Å². The third kappa shape index (κ3) is 2.30. The van der Waals surface area contributed by atoms with Crippen LogP contribution in [0.25, 0.3) is 10.2 Å². The minimum absolute atomic E-state index is 0.265. The van der Waals surface area contributed by atoms with Crippen LogP contribution in [-0.2, 0) is 16.4 Å². The molecular formula is C15H14N4O2S2. The normalized spacial score (nSPS) is 14.4. The quantitative estimate of drug-likeness (QED) is 0.787. The van der Waals surface area contributed by atoms with Crippen molar-refractivity contribution in [2.24, 2.45) is 0 Å². The number of hydrogen-bond acceptors (Lipinski definition) is 6. The predicted molar refractivity (Wildman–Crippen MR) is 90.8 cm³/mol. The summed E-state index contributed by atoms with van der Waals surface area (Å²) >= 11 is 1.57. The van der Waals surface area contributed by atoms with E-state index < -0.39 is 10.0 Å². The molecule has 1 aliphatic rings. The molecule has 3 heterocycles. The van der Waals surface area contributed by atoms with E-state index >= 15 is 0 Å². The molecule has 1 aliphatic heterocycles. The highest BCUT2D eigenvalue weighted by Crippen LogP contribution is 2.38. The van der Waals surface area contributed by atoms with Gasteiger partial charge in [-0.25, -0.2) is 23.1 Å². The van der Waals surface area contributed by atoms with Gasteiger partial charge in [-0.2, -0.15) is 0 Å². The number of fused-ring (bicyclic) bond motifs is 2. The zero-order valence-electron chi connectivity index (χ0n) is 12.4. The van der Waals surface area contributed by atoms with Crippen molar-refractivity contribution >= 4 is 43.1 Å². The summed E-state index contributed by atoms with van der Waals surface area (Å²) in [5.74, 6) is 0.828. The van der Waals surface area contributed by atoms with E-state index in [2.05, 4.69) is 19.6 Å². The fourth-order valence-corrected chi connectivity index (χ4v) is 4.33. The molecule has 1 N–H and O–H groups in total. The average Bonchev–Trinajstić information content (AvgIpc) is 3.20. The molecule has 8 heteroatoms. The zero-order chi connectivity index (χ0) is 16.0. The van der Waals surface area contributed by atoms with Crippen LogP contribution in [0.3, 0.4) is 0 Å². The van der Waals surface area contributed by atoms with Crippen molar-refractivity contribution in [3.63, 3.8) is 0 Å². The van der Waals surface area contributed by atoms with Crippen LogP contribution >= 0.6 is 11.3 Å². The first-order valence-electron chi connectivity index (χ1n) is 7.12. The number of anilines is 2. The Morgan fingerprint density at radius 3 is 2.96 bits per heavy atom. The lowest BCUT2D eigenvalue weighted by Gasteiger charge is -2.19. The second-order valence-corrected chi connectivity index (χ2v) is 8.02. The number of nitrogens with one attached hydrogen (secondary N) is 1. The van der Waals surface area contributed by atoms with Gasteiger partial charge in [-0.15, -0.1) is 11.3 Å². The van der Waals surface area contributed by atoms with Gasteiger partial charge < -0.3 is 4.90 Å². The topological polar surface area (TPSA) is 75.2 Å². The van der Waals surface area contributed by atoms with Crippen LogP contribution in [0.15, 0.2) is 40.9 Å². The first-order chi connectivity index (χ1) is 11.1. The van der Waals surface area contributed by atoms with Crippen molar-refractivity contribution in [2.75, 3.05) is 18.5 Å². The molecule has 0 amide bonds. The molecule has 2 aromatic heterocycles. The summed E-state index contributed by atoms with van der Waals surface area (Å²) in [6.07, 6.45) is 2.42. The highest BCUT2D eigenvalue weighted by atomic mass is 32.2. The number of sulfonamides is 1. The van der Waals surface area contributed by atoms with Gasteiger partial charge in [0, 0.05) is 12.2 Å². The molecule has 118 valence electrons. The van der Waals surface area contributed by atoms with E-state index in [1.807, 2.05) is 17.5 Å². The molecule has 0 saturated heterocycles. The molecule has 1 aromatic carbocycles. The number of benzene rings is 1. The van der Waals surface area contributed by atoms with Gasteiger partial charge in [-0.1, -0.05) is 6.07 Å². The van der Waals surface area contributed by atoms with Crippen molar-refractivity contribution in [1.29, 1.82) is 0 Å². The number of aromatic nitrogens is 2. The Morgan fingerprint density at radius 2 is 2.13 bits per heavy atom. The zero-order valence-corrected chi connectivity index (χ0v) is 14.0. The van der Waals surface area contributed by atoms with Gasteiger partial charge >= 0.3 is 0 Å². The van der Waals surface area contributed by atoms with E-state index in [4.69, 9.17) is 0 Å². The molecule has 0 atom stereocenters. The van der Waals surface area contributed by atoms with E-state index in [0.717, 1.165) is 40.3 Å². The molecule has 0 spiro atoms. The summed E-state index contributed by atoms with van der Waals surface area (Å²) in [5.41, 5.74) is 2.02. The molecule has 0 bridgehead atoms. The largest absolute Gasteiger partial charge is 0.325 e. The average molecular weight is 346 g/mol. The maximum Gasteiger partial charge on any atom is 0.240 e. The number of thiophene rings is 1. The van der Waals surface area contributed by atoms with Crippen LogP contribution in [0.1, 0.15) is 5.56 Å². The highest BCUT2D eigenvalue weighted by molar-refractivity contribution is 7.89. The van der Waals surface area contributed by atoms with Gasteiger partial charge in [0.25, 0.3) is 0 Å². The molecule has 0 aliphatic carbocycles. The van der Waals surface area contributed by atoms with Gasteiger partial charge in [0.15, 0.2) is 0 Å². The summed E-state index contributed by atoms with van der Waals surface area (Å²) in [6, 6.07) is 7.25. The molecule has 0 unspecified atom stereocenters. The highest BCUT2D eigenvalue weighted by Gasteiger charge is 2.25. The standard InChI is InChI=1S/C15H14N4O2S2/c1-16-23(20,21)11-3-2-10-4-6-19(13(10)8-11)14-12-5-7-22-15(12)18-9-17-14/h2-3,5,7-9,16H,4,6H2,1H3. The van der Waals surface area contributed by atoms with Crippen LogP contribution in [0.5, 0.6) is 0 Å². The molecule has 23 heavy (non-hydrogen) atoms. The Morgan fingerprint density at radius 1 is 1.26 bits per heavy atom. The van der Waals surface area contributed by atoms with Crippen LogP contribution in [0.4, 0.5) is 11.5 Å². The molecular weight excluding hydrogens is 332 g/mol. The molecule has 4 rings (SSSR count). The van der Waals surface area contributed by atoms with Gasteiger partial charge in [0.1, 0.15) is 17.0 Å². The van der Waals surface area contributed by atoms with Crippen LogP contribution in [0, 0.1) is 0 Å². The molecule has 3 aromatic rings. The maximum atomic E-state index is 12.1. The Balaban J connectivity index is 1.87. The van der Waals surface area contributed by atoms with Crippen molar-refractivity contribution in [3.8, 4) is 0 Å². The predicted octanol–water partition coefficient (Wildman–Crippen LogP) is 2.29. The minimum Gasteiger partial charge on any atom is -0.325 e. The summed E-state index contributed by atoms with van der Waals surface area (Å²) in [6.45, 7) is 0.778. The van der Waals surface area contributed by atoms with Crippen molar-refractivity contribution in [1.82, 2.24) is 14.7 Å². The Bertz CT molecular complexity index is 998. The summed E-state index contributed by atoms with van der Waals surface area (Å²) < 4.78 is 26.5. The molecule has 0 radical (unpaired) electrons. The maximum absolute atomic E-state index is 12.1. The lowest BCUT2D eigenvalue weighted by molar-refractivity contribution is 0.588. The van der Waals surface area contributed by atoms with E-state index in [9.17, 15) is 8.42 Å².